The third kappa shape index (κ3) is 9.50. The van der Waals surface area contributed by atoms with Crippen LogP contribution in [0.3, 0.4) is 0 Å². The molecule has 0 N–H and O–H groups in total. The van der Waals surface area contributed by atoms with Crippen LogP contribution in [-0.2, 0) is 9.53 Å². The average molecular weight is 191 g/mol. The number of esters is 1. The van der Waals surface area contributed by atoms with Crippen molar-refractivity contribution < 1.29 is 9.53 Å². The third-order valence-corrected chi connectivity index (χ3v) is 1.57. The summed E-state index contributed by atoms with van der Waals surface area (Å²) in [4.78, 5) is 10.3. The van der Waals surface area contributed by atoms with E-state index in [0.29, 0.717) is 6.61 Å². The van der Waals surface area contributed by atoms with Crippen molar-refractivity contribution in [1.29, 1.82) is 0 Å². The molecule has 3 heteroatoms. The topological polar surface area (TPSA) is 26.3 Å². The second-order valence-corrected chi connectivity index (χ2v) is 2.84. The summed E-state index contributed by atoms with van der Waals surface area (Å²) in [6.45, 7) is 1.79. The summed E-state index contributed by atoms with van der Waals surface area (Å²) in [6.07, 6.45) is 7.01. The van der Waals surface area contributed by atoms with E-state index in [-0.39, 0.29) is 5.97 Å². The van der Waals surface area contributed by atoms with E-state index in [2.05, 4.69) is 0 Å². The van der Waals surface area contributed by atoms with Gasteiger partial charge in [-0.15, -0.1) is 11.6 Å². The number of unbranched alkanes of at least 4 members (excludes halogenated alkanes) is 2. The van der Waals surface area contributed by atoms with Crippen molar-refractivity contribution in [2.24, 2.45) is 0 Å². The van der Waals surface area contributed by atoms with Crippen LogP contribution in [0.4, 0.5) is 0 Å². The zero-order valence-corrected chi connectivity index (χ0v) is 8.14. The molecule has 0 aliphatic heterocycles. The molecule has 0 amide bonds. The minimum absolute atomic E-state index is 0.236. The summed E-state index contributed by atoms with van der Waals surface area (Å²) in [7, 11) is 0. The van der Waals surface area contributed by atoms with Gasteiger partial charge in [0.2, 0.25) is 0 Å². The highest BCUT2D eigenvalue weighted by atomic mass is 35.5. The molecular formula is C9H15ClO2. The Kier molecular flexibility index (Phi) is 8.24. The van der Waals surface area contributed by atoms with Gasteiger partial charge >= 0.3 is 5.97 Å². The molecule has 0 aromatic rings. The first-order valence-corrected chi connectivity index (χ1v) is 4.65. The predicted molar refractivity (Wildman–Crippen MR) is 50.3 cm³/mol. The molecule has 0 spiro atoms. The molecule has 2 nitrogen and oxygen atoms in total. The first-order valence-electron chi connectivity index (χ1n) is 4.11. The SMILES string of the molecule is CC(=O)OC/C=C/CCCCCl. The van der Waals surface area contributed by atoms with Gasteiger partial charge in [-0.1, -0.05) is 12.2 Å². The molecule has 0 atom stereocenters. The Balaban J connectivity index is 3.09. The Bertz CT molecular complexity index is 143. The fourth-order valence-corrected chi connectivity index (χ4v) is 0.897. The molecule has 70 valence electrons. The van der Waals surface area contributed by atoms with Crippen molar-refractivity contribution >= 4 is 17.6 Å². The first kappa shape index (κ1) is 11.5. The summed E-state index contributed by atoms with van der Waals surface area (Å²) < 4.78 is 4.70. The van der Waals surface area contributed by atoms with Crippen LogP contribution >= 0.6 is 11.6 Å². The highest BCUT2D eigenvalue weighted by Crippen LogP contribution is 1.97. The van der Waals surface area contributed by atoms with Gasteiger partial charge in [0.05, 0.1) is 0 Å². The summed E-state index contributed by atoms with van der Waals surface area (Å²) in [5, 5.41) is 0. The fraction of sp³-hybridized carbons (Fsp3) is 0.667. The van der Waals surface area contributed by atoms with Crippen molar-refractivity contribution in [2.45, 2.75) is 26.2 Å². The van der Waals surface area contributed by atoms with Crippen LogP contribution in [-0.4, -0.2) is 18.5 Å². The van der Waals surface area contributed by atoms with Crippen molar-refractivity contribution in [2.75, 3.05) is 12.5 Å². The molecule has 0 radical (unpaired) electrons. The van der Waals surface area contributed by atoms with Gasteiger partial charge in [-0.2, -0.15) is 0 Å². The Morgan fingerprint density at radius 2 is 2.17 bits per heavy atom. The molecule has 0 aliphatic carbocycles. The summed E-state index contributed by atoms with van der Waals surface area (Å²) in [5.41, 5.74) is 0. The molecule has 0 unspecified atom stereocenters. The van der Waals surface area contributed by atoms with E-state index in [9.17, 15) is 4.79 Å². The summed E-state index contributed by atoms with van der Waals surface area (Å²) >= 11 is 5.49. The maximum absolute atomic E-state index is 10.3. The molecule has 0 fully saturated rings. The fourth-order valence-electron chi connectivity index (χ4n) is 0.708. The normalized spacial score (nSPS) is 10.5. The predicted octanol–water partition coefficient (Wildman–Crippen LogP) is 2.51. The summed E-state index contributed by atoms with van der Waals surface area (Å²) in [5.74, 6) is 0.484. The van der Waals surface area contributed by atoms with Gasteiger partial charge in [0, 0.05) is 12.8 Å². The zero-order valence-electron chi connectivity index (χ0n) is 7.38. The van der Waals surface area contributed by atoms with E-state index in [1.54, 1.807) is 0 Å². The number of alkyl halides is 1. The minimum Gasteiger partial charge on any atom is -0.462 e. The van der Waals surface area contributed by atoms with Crippen molar-refractivity contribution in [3.63, 3.8) is 0 Å². The molecule has 0 saturated heterocycles. The number of carbonyl (C=O) groups is 1. The lowest BCUT2D eigenvalue weighted by Crippen LogP contribution is -1.97. The van der Waals surface area contributed by atoms with Crippen LogP contribution in [0.25, 0.3) is 0 Å². The van der Waals surface area contributed by atoms with E-state index >= 15 is 0 Å². The number of rotatable bonds is 6. The second-order valence-electron chi connectivity index (χ2n) is 2.46. The van der Waals surface area contributed by atoms with Crippen LogP contribution in [0.15, 0.2) is 12.2 Å². The summed E-state index contributed by atoms with van der Waals surface area (Å²) in [6, 6.07) is 0. The standard InChI is InChI=1S/C9H15ClO2/c1-9(11)12-8-6-4-2-3-5-7-10/h4,6H,2-3,5,7-8H2,1H3/b6-4+. The number of ether oxygens (including phenoxy) is 1. The number of halogens is 1. The van der Waals surface area contributed by atoms with Gasteiger partial charge in [0.1, 0.15) is 6.61 Å². The maximum Gasteiger partial charge on any atom is 0.302 e. The highest BCUT2D eigenvalue weighted by Gasteiger charge is 1.86. The third-order valence-electron chi connectivity index (χ3n) is 1.30. The average Bonchev–Trinajstić information content (AvgIpc) is 2.02. The number of carbonyl (C=O) groups excluding carboxylic acids is 1. The van der Waals surface area contributed by atoms with Gasteiger partial charge in [-0.05, 0) is 19.3 Å². The quantitative estimate of drug-likeness (QED) is 0.279. The Hall–Kier alpha value is -0.500. The Morgan fingerprint density at radius 1 is 1.42 bits per heavy atom. The van der Waals surface area contributed by atoms with E-state index in [0.717, 1.165) is 25.1 Å². The van der Waals surface area contributed by atoms with Gasteiger partial charge in [0.15, 0.2) is 0 Å². The van der Waals surface area contributed by atoms with Gasteiger partial charge in [-0.3, -0.25) is 4.79 Å². The van der Waals surface area contributed by atoms with E-state index < -0.39 is 0 Å². The molecular weight excluding hydrogens is 176 g/mol. The number of hydrogen-bond acceptors (Lipinski definition) is 2. The molecule has 0 saturated carbocycles. The molecule has 0 aliphatic rings. The largest absolute Gasteiger partial charge is 0.462 e. The van der Waals surface area contributed by atoms with Crippen LogP contribution in [0.1, 0.15) is 26.2 Å². The highest BCUT2D eigenvalue weighted by molar-refractivity contribution is 6.17. The number of hydrogen-bond donors (Lipinski definition) is 0. The second kappa shape index (κ2) is 8.60. The molecule has 0 bridgehead atoms. The van der Waals surface area contributed by atoms with Gasteiger partial charge in [-0.25, -0.2) is 0 Å². The molecule has 12 heavy (non-hydrogen) atoms. The molecule has 0 aromatic carbocycles. The number of allylic oxidation sites excluding steroid dienone is 1. The van der Waals surface area contributed by atoms with Crippen LogP contribution in [0.2, 0.25) is 0 Å². The Labute approximate surface area is 78.5 Å². The molecule has 0 heterocycles. The lowest BCUT2D eigenvalue weighted by molar-refractivity contribution is -0.139. The van der Waals surface area contributed by atoms with Crippen LogP contribution in [0.5, 0.6) is 0 Å². The van der Waals surface area contributed by atoms with Crippen molar-refractivity contribution in [3.8, 4) is 0 Å². The minimum atomic E-state index is -0.236. The monoisotopic (exact) mass is 190 g/mol. The first-order chi connectivity index (χ1) is 5.77. The lowest BCUT2D eigenvalue weighted by Gasteiger charge is -1.94. The Morgan fingerprint density at radius 3 is 2.75 bits per heavy atom. The smallest absolute Gasteiger partial charge is 0.302 e. The lowest BCUT2D eigenvalue weighted by atomic mass is 10.2. The van der Waals surface area contributed by atoms with Crippen LogP contribution in [0, 0.1) is 0 Å². The zero-order chi connectivity index (χ0) is 9.23. The maximum atomic E-state index is 10.3. The van der Waals surface area contributed by atoms with Crippen LogP contribution < -0.4 is 0 Å². The van der Waals surface area contributed by atoms with E-state index in [1.165, 1.54) is 6.92 Å². The van der Waals surface area contributed by atoms with E-state index in [1.807, 2.05) is 12.2 Å². The van der Waals surface area contributed by atoms with Gasteiger partial charge < -0.3 is 4.74 Å². The van der Waals surface area contributed by atoms with Gasteiger partial charge in [0.25, 0.3) is 0 Å². The van der Waals surface area contributed by atoms with Crippen molar-refractivity contribution in [1.82, 2.24) is 0 Å². The van der Waals surface area contributed by atoms with Crippen molar-refractivity contribution in [3.05, 3.63) is 12.2 Å². The molecule has 0 aromatic heterocycles. The van der Waals surface area contributed by atoms with E-state index in [4.69, 9.17) is 16.3 Å². The molecule has 0 rings (SSSR count).